The smallest absolute Gasteiger partial charge is 0.246 e. The molecule has 2 atom stereocenters. The summed E-state index contributed by atoms with van der Waals surface area (Å²) in [5.74, 6) is 0.499. The van der Waals surface area contributed by atoms with Gasteiger partial charge in [0.2, 0.25) is 5.91 Å². The lowest BCUT2D eigenvalue weighted by molar-refractivity contribution is -0.138. The first kappa shape index (κ1) is 16.5. The molecule has 1 fully saturated rings. The first-order chi connectivity index (χ1) is 9.82. The van der Waals surface area contributed by atoms with Gasteiger partial charge < -0.3 is 16.4 Å². The van der Waals surface area contributed by atoms with Gasteiger partial charge in [0.25, 0.3) is 0 Å². The highest BCUT2D eigenvalue weighted by Gasteiger charge is 2.36. The van der Waals surface area contributed by atoms with Gasteiger partial charge in [0.15, 0.2) is 0 Å². The van der Waals surface area contributed by atoms with Crippen molar-refractivity contribution in [2.45, 2.75) is 38.3 Å². The van der Waals surface area contributed by atoms with Crippen molar-refractivity contribution in [3.63, 3.8) is 0 Å². The summed E-state index contributed by atoms with van der Waals surface area (Å²) in [5.41, 5.74) is 12.1. The number of halogens is 1. The van der Waals surface area contributed by atoms with Crippen LogP contribution in [0.1, 0.15) is 32.3 Å². The van der Waals surface area contributed by atoms with Gasteiger partial charge in [-0.15, -0.1) is 0 Å². The fourth-order valence-electron chi connectivity index (χ4n) is 2.88. The van der Waals surface area contributed by atoms with Crippen molar-refractivity contribution in [1.82, 2.24) is 4.90 Å². The molecular weight excluding hydrogens is 330 g/mol. The van der Waals surface area contributed by atoms with Crippen LogP contribution in [-0.4, -0.2) is 29.9 Å². The van der Waals surface area contributed by atoms with E-state index in [0.717, 1.165) is 36.0 Å². The van der Waals surface area contributed by atoms with Crippen LogP contribution in [0.15, 0.2) is 28.7 Å². The zero-order valence-corrected chi connectivity index (χ0v) is 14.3. The third-order valence-electron chi connectivity index (χ3n) is 4.46. The van der Waals surface area contributed by atoms with Crippen LogP contribution in [0.25, 0.3) is 0 Å². The van der Waals surface area contributed by atoms with Gasteiger partial charge in [-0.25, -0.2) is 0 Å². The van der Waals surface area contributed by atoms with Gasteiger partial charge in [0.05, 0.1) is 0 Å². The summed E-state index contributed by atoms with van der Waals surface area (Å²) in [5, 5.41) is 0. The predicted molar refractivity (Wildman–Crippen MR) is 88.6 cm³/mol. The Balaban J connectivity index is 2.07. The molecule has 1 aromatic rings. The Morgan fingerprint density at radius 2 is 1.86 bits per heavy atom. The van der Waals surface area contributed by atoms with Gasteiger partial charge in [0.1, 0.15) is 5.54 Å². The van der Waals surface area contributed by atoms with Crippen molar-refractivity contribution in [3.05, 3.63) is 34.3 Å². The van der Waals surface area contributed by atoms with Gasteiger partial charge in [-0.3, -0.25) is 4.79 Å². The van der Waals surface area contributed by atoms with E-state index in [-0.39, 0.29) is 11.9 Å². The number of likely N-dealkylation sites (tertiary alicyclic amines) is 1. The Morgan fingerprint density at radius 3 is 2.33 bits per heavy atom. The number of nitrogens with zero attached hydrogens (tertiary/aromatic N) is 1. The molecule has 0 saturated carbocycles. The lowest BCUT2D eigenvalue weighted by Gasteiger charge is -2.38. The summed E-state index contributed by atoms with van der Waals surface area (Å²) in [6, 6.07) is 7.82. The zero-order valence-electron chi connectivity index (χ0n) is 12.7. The normalized spacial score (nSPS) is 20.9. The molecule has 4 N–H and O–H groups in total. The number of amides is 1. The van der Waals surface area contributed by atoms with Crippen LogP contribution in [0.3, 0.4) is 0 Å². The molecule has 1 amide bonds. The van der Waals surface area contributed by atoms with Crippen LogP contribution in [0.2, 0.25) is 0 Å². The molecule has 2 unspecified atom stereocenters. The van der Waals surface area contributed by atoms with Gasteiger partial charge in [-0.1, -0.05) is 28.1 Å². The van der Waals surface area contributed by atoms with Gasteiger partial charge in [-0.2, -0.15) is 0 Å². The number of nitrogens with two attached hydrogens (primary N) is 2. The first-order valence-electron chi connectivity index (χ1n) is 7.42. The summed E-state index contributed by atoms with van der Waals surface area (Å²) < 4.78 is 0.979. The number of hydrogen-bond donors (Lipinski definition) is 2. The molecule has 1 heterocycles. The monoisotopic (exact) mass is 353 g/mol. The predicted octanol–water partition coefficient (Wildman–Crippen LogP) is 2.21. The van der Waals surface area contributed by atoms with E-state index in [1.807, 2.05) is 36.1 Å². The topological polar surface area (TPSA) is 72.3 Å². The number of hydrogen-bond acceptors (Lipinski definition) is 3. The number of piperidine rings is 1. The number of carbonyl (C=O) groups is 1. The van der Waals surface area contributed by atoms with Crippen LogP contribution in [0.5, 0.6) is 0 Å². The van der Waals surface area contributed by atoms with Crippen LogP contribution in [-0.2, 0) is 10.3 Å². The van der Waals surface area contributed by atoms with E-state index in [1.165, 1.54) is 0 Å². The summed E-state index contributed by atoms with van der Waals surface area (Å²) in [6.07, 6.45) is 1.92. The zero-order chi connectivity index (χ0) is 15.6. The van der Waals surface area contributed by atoms with Crippen LogP contribution in [0.4, 0.5) is 0 Å². The van der Waals surface area contributed by atoms with Crippen LogP contribution < -0.4 is 11.5 Å². The summed E-state index contributed by atoms with van der Waals surface area (Å²) in [7, 11) is 0. The van der Waals surface area contributed by atoms with E-state index in [2.05, 4.69) is 15.9 Å². The maximum absolute atomic E-state index is 12.7. The molecule has 21 heavy (non-hydrogen) atoms. The Morgan fingerprint density at radius 1 is 1.33 bits per heavy atom. The summed E-state index contributed by atoms with van der Waals surface area (Å²) in [6.45, 7) is 5.32. The standard InChI is InChI=1S/C16H24BrN3O/c1-11(18)12-7-9-20(10-8-12)15(21)16(2,19)13-3-5-14(17)6-4-13/h3-6,11-12H,7-10,18-19H2,1-2H3. The number of rotatable bonds is 3. The third-order valence-corrected chi connectivity index (χ3v) is 4.99. The van der Waals surface area contributed by atoms with Crippen molar-refractivity contribution >= 4 is 21.8 Å². The highest BCUT2D eigenvalue weighted by molar-refractivity contribution is 9.10. The maximum Gasteiger partial charge on any atom is 0.246 e. The lowest BCUT2D eigenvalue weighted by atomic mass is 9.87. The molecule has 1 aromatic carbocycles. The molecule has 5 heteroatoms. The van der Waals surface area contributed by atoms with Crippen LogP contribution in [0, 0.1) is 5.92 Å². The molecule has 116 valence electrons. The summed E-state index contributed by atoms with van der Waals surface area (Å²) >= 11 is 3.40. The molecule has 0 aliphatic carbocycles. The average Bonchev–Trinajstić information content (AvgIpc) is 2.47. The average molecular weight is 354 g/mol. The Hall–Kier alpha value is -0.910. The van der Waals surface area contributed by atoms with Gasteiger partial charge in [0, 0.05) is 23.6 Å². The first-order valence-corrected chi connectivity index (χ1v) is 8.21. The van der Waals surface area contributed by atoms with Gasteiger partial charge in [-0.05, 0) is 50.3 Å². The van der Waals surface area contributed by atoms with E-state index in [9.17, 15) is 4.79 Å². The molecule has 4 nitrogen and oxygen atoms in total. The highest BCUT2D eigenvalue weighted by Crippen LogP contribution is 2.26. The SMILES string of the molecule is CC(N)C1CCN(C(=O)C(C)(N)c2ccc(Br)cc2)CC1. The fraction of sp³-hybridized carbons (Fsp3) is 0.562. The molecule has 0 bridgehead atoms. The fourth-order valence-corrected chi connectivity index (χ4v) is 3.14. The van der Waals surface area contributed by atoms with E-state index >= 15 is 0 Å². The minimum absolute atomic E-state index is 0.00653. The Kier molecular flexibility index (Phi) is 5.07. The van der Waals surface area contributed by atoms with Gasteiger partial charge >= 0.3 is 0 Å². The molecule has 0 radical (unpaired) electrons. The molecule has 2 rings (SSSR count). The van der Waals surface area contributed by atoms with Crippen molar-refractivity contribution in [1.29, 1.82) is 0 Å². The lowest BCUT2D eigenvalue weighted by Crippen LogP contribution is -2.53. The minimum atomic E-state index is -0.984. The number of carbonyl (C=O) groups excluding carboxylic acids is 1. The number of benzene rings is 1. The molecule has 1 aliphatic rings. The highest BCUT2D eigenvalue weighted by atomic mass is 79.9. The molecule has 1 aliphatic heterocycles. The minimum Gasteiger partial charge on any atom is -0.341 e. The summed E-state index contributed by atoms with van der Waals surface area (Å²) in [4.78, 5) is 14.6. The second-order valence-electron chi connectivity index (χ2n) is 6.20. The second-order valence-corrected chi connectivity index (χ2v) is 7.11. The largest absolute Gasteiger partial charge is 0.341 e. The molecule has 1 saturated heterocycles. The van der Waals surface area contributed by atoms with E-state index in [1.54, 1.807) is 6.92 Å². The molecule has 0 aromatic heterocycles. The maximum atomic E-state index is 12.7. The third kappa shape index (κ3) is 3.65. The van der Waals surface area contributed by atoms with E-state index < -0.39 is 5.54 Å². The Labute approximate surface area is 135 Å². The quantitative estimate of drug-likeness (QED) is 0.874. The molecule has 0 spiro atoms. The van der Waals surface area contributed by atoms with E-state index in [4.69, 9.17) is 11.5 Å². The van der Waals surface area contributed by atoms with Crippen LogP contribution >= 0.6 is 15.9 Å². The van der Waals surface area contributed by atoms with Crippen molar-refractivity contribution in [3.8, 4) is 0 Å². The van der Waals surface area contributed by atoms with E-state index in [0.29, 0.717) is 5.92 Å². The second kappa shape index (κ2) is 6.46. The van der Waals surface area contributed by atoms with Crippen molar-refractivity contribution in [2.24, 2.45) is 17.4 Å². The Bertz CT molecular complexity index is 491. The molecular formula is C16H24BrN3O. The van der Waals surface area contributed by atoms with Crippen molar-refractivity contribution < 1.29 is 4.79 Å². The van der Waals surface area contributed by atoms with Crippen molar-refractivity contribution in [2.75, 3.05) is 13.1 Å².